The second kappa shape index (κ2) is 8.91. The van der Waals surface area contributed by atoms with Crippen molar-refractivity contribution in [3.05, 3.63) is 82.0 Å². The van der Waals surface area contributed by atoms with E-state index in [2.05, 4.69) is 31.9 Å². The van der Waals surface area contributed by atoms with Gasteiger partial charge in [-0.05, 0) is 49.7 Å². The number of rotatable bonds is 5. The molecule has 0 spiro atoms. The Morgan fingerprint density at radius 3 is 2.55 bits per heavy atom. The molecule has 0 bridgehead atoms. The van der Waals surface area contributed by atoms with E-state index in [1.54, 1.807) is 6.92 Å². The van der Waals surface area contributed by atoms with E-state index in [-0.39, 0.29) is 11.7 Å². The second-order valence-corrected chi connectivity index (χ2v) is 7.24. The second-order valence-electron chi connectivity index (χ2n) is 6.38. The summed E-state index contributed by atoms with van der Waals surface area (Å²) >= 11 is 3.46. The van der Waals surface area contributed by atoms with Crippen molar-refractivity contribution in [3.8, 4) is 0 Å². The number of hydrogen-bond donors (Lipinski definition) is 3. The molecule has 8 heteroatoms. The molecule has 29 heavy (non-hydrogen) atoms. The van der Waals surface area contributed by atoms with Gasteiger partial charge in [-0.2, -0.15) is 0 Å². The zero-order valence-corrected chi connectivity index (χ0v) is 17.3. The monoisotopic (exact) mass is 459 g/mol. The third kappa shape index (κ3) is 5.03. The number of amides is 3. The van der Waals surface area contributed by atoms with Crippen LogP contribution in [0.2, 0.25) is 0 Å². The van der Waals surface area contributed by atoms with Gasteiger partial charge in [0, 0.05) is 10.2 Å². The van der Waals surface area contributed by atoms with Crippen LogP contribution >= 0.6 is 15.9 Å². The summed E-state index contributed by atoms with van der Waals surface area (Å²) in [7, 11) is 0. The van der Waals surface area contributed by atoms with E-state index in [4.69, 9.17) is 4.42 Å². The molecule has 0 saturated heterocycles. The molecule has 3 amide bonds. The van der Waals surface area contributed by atoms with Crippen molar-refractivity contribution in [1.82, 2.24) is 5.32 Å². The van der Waals surface area contributed by atoms with E-state index in [0.717, 1.165) is 10.0 Å². The smallest absolute Gasteiger partial charge is 0.319 e. The molecule has 0 aliphatic heterocycles. The highest BCUT2D eigenvalue weighted by molar-refractivity contribution is 9.10. The van der Waals surface area contributed by atoms with Crippen molar-refractivity contribution >= 4 is 39.2 Å². The van der Waals surface area contributed by atoms with Gasteiger partial charge in [0.05, 0.1) is 23.6 Å². The molecular weight excluding hydrogens is 441 g/mol. The molecule has 6 nitrogen and oxygen atoms in total. The van der Waals surface area contributed by atoms with Crippen molar-refractivity contribution in [3.63, 3.8) is 0 Å². The summed E-state index contributed by atoms with van der Waals surface area (Å²) in [6.45, 7) is 3.49. The van der Waals surface area contributed by atoms with E-state index in [1.165, 1.54) is 30.5 Å². The van der Waals surface area contributed by atoms with Gasteiger partial charge in [-0.15, -0.1) is 0 Å². The van der Waals surface area contributed by atoms with E-state index >= 15 is 0 Å². The van der Waals surface area contributed by atoms with E-state index in [0.29, 0.717) is 17.0 Å². The molecular formula is C21H19BrFN3O3. The number of aryl methyl sites for hydroxylation is 1. The molecule has 150 valence electrons. The lowest BCUT2D eigenvalue weighted by atomic mass is 10.1. The predicted octanol–water partition coefficient (Wildman–Crippen LogP) is 5.62. The highest BCUT2D eigenvalue weighted by Crippen LogP contribution is 2.24. The Bertz CT molecular complexity index is 1050. The Hall–Kier alpha value is -3.13. The number of halogens is 2. The summed E-state index contributed by atoms with van der Waals surface area (Å²) in [4.78, 5) is 24.6. The zero-order chi connectivity index (χ0) is 21.0. The third-order valence-electron chi connectivity index (χ3n) is 4.30. The molecule has 0 fully saturated rings. The fourth-order valence-corrected chi connectivity index (χ4v) is 3.40. The van der Waals surface area contributed by atoms with Crippen molar-refractivity contribution in [2.75, 3.05) is 10.6 Å². The van der Waals surface area contributed by atoms with Gasteiger partial charge in [0.15, 0.2) is 0 Å². The van der Waals surface area contributed by atoms with Crippen LogP contribution in [-0.4, -0.2) is 11.9 Å². The number of urea groups is 1. The lowest BCUT2D eigenvalue weighted by Crippen LogP contribution is -2.31. The van der Waals surface area contributed by atoms with Crippen molar-refractivity contribution < 1.29 is 18.4 Å². The Kier molecular flexibility index (Phi) is 6.33. The van der Waals surface area contributed by atoms with Gasteiger partial charge >= 0.3 is 6.03 Å². The number of nitrogens with one attached hydrogen (secondary N) is 3. The molecule has 1 unspecified atom stereocenters. The van der Waals surface area contributed by atoms with Crippen LogP contribution in [0.25, 0.3) is 0 Å². The van der Waals surface area contributed by atoms with Gasteiger partial charge in [-0.25, -0.2) is 9.18 Å². The minimum absolute atomic E-state index is 0.0488. The summed E-state index contributed by atoms with van der Waals surface area (Å²) in [6, 6.07) is 12.3. The van der Waals surface area contributed by atoms with Crippen LogP contribution in [0.3, 0.4) is 0 Å². The van der Waals surface area contributed by atoms with Crippen LogP contribution in [0, 0.1) is 12.7 Å². The molecule has 1 aromatic heterocycles. The third-order valence-corrected chi connectivity index (χ3v) is 5.02. The van der Waals surface area contributed by atoms with Crippen LogP contribution in [0.4, 0.5) is 20.6 Å². The maximum atomic E-state index is 14.1. The quantitative estimate of drug-likeness (QED) is 0.462. The average molecular weight is 460 g/mol. The maximum Gasteiger partial charge on any atom is 0.319 e. The number of carbonyl (C=O) groups is 2. The topological polar surface area (TPSA) is 83.4 Å². The number of benzene rings is 2. The minimum atomic E-state index is -0.618. The lowest BCUT2D eigenvalue weighted by molar-refractivity contribution is 0.102. The SMILES string of the molecule is Cc1occc1C(=O)Nc1cc(NC(=O)NC(C)c2ccccc2Br)ccc1F. The molecule has 3 N–H and O–H groups in total. The predicted molar refractivity (Wildman–Crippen MR) is 113 cm³/mol. The highest BCUT2D eigenvalue weighted by atomic mass is 79.9. The fourth-order valence-electron chi connectivity index (χ4n) is 2.78. The summed E-state index contributed by atoms with van der Waals surface area (Å²) in [5.74, 6) is -0.691. The largest absolute Gasteiger partial charge is 0.469 e. The zero-order valence-electron chi connectivity index (χ0n) is 15.8. The minimum Gasteiger partial charge on any atom is -0.469 e. The number of anilines is 2. The number of carbonyl (C=O) groups excluding carboxylic acids is 2. The summed E-state index contributed by atoms with van der Waals surface area (Å²) in [5, 5.41) is 7.95. The summed E-state index contributed by atoms with van der Waals surface area (Å²) in [6.07, 6.45) is 1.38. The normalized spacial score (nSPS) is 11.6. The van der Waals surface area contributed by atoms with Crippen LogP contribution in [-0.2, 0) is 0 Å². The van der Waals surface area contributed by atoms with E-state index in [1.807, 2.05) is 31.2 Å². The molecule has 2 aromatic carbocycles. The van der Waals surface area contributed by atoms with E-state index < -0.39 is 17.8 Å². The van der Waals surface area contributed by atoms with E-state index in [9.17, 15) is 14.0 Å². The van der Waals surface area contributed by atoms with Gasteiger partial charge in [-0.3, -0.25) is 4.79 Å². The first-order valence-corrected chi connectivity index (χ1v) is 9.61. The highest BCUT2D eigenvalue weighted by Gasteiger charge is 2.16. The molecule has 0 saturated carbocycles. The molecule has 0 aliphatic rings. The number of hydrogen-bond acceptors (Lipinski definition) is 3. The van der Waals surface area contributed by atoms with Gasteiger partial charge in [0.1, 0.15) is 11.6 Å². The van der Waals surface area contributed by atoms with Gasteiger partial charge in [0.2, 0.25) is 0 Å². The van der Waals surface area contributed by atoms with Gasteiger partial charge < -0.3 is 20.4 Å². The van der Waals surface area contributed by atoms with Crippen LogP contribution in [0.5, 0.6) is 0 Å². The van der Waals surface area contributed by atoms with Crippen molar-refractivity contribution in [2.45, 2.75) is 19.9 Å². The average Bonchev–Trinajstić information content (AvgIpc) is 3.10. The molecule has 0 aliphatic carbocycles. The Morgan fingerprint density at radius 1 is 1.10 bits per heavy atom. The van der Waals surface area contributed by atoms with Crippen molar-refractivity contribution in [2.24, 2.45) is 0 Å². The summed E-state index contributed by atoms with van der Waals surface area (Å²) < 4.78 is 20.1. The standard InChI is InChI=1S/C21H19BrFN3O3/c1-12(15-5-3-4-6-17(15)22)24-21(28)25-14-7-8-18(23)19(11-14)26-20(27)16-9-10-29-13(16)2/h3-12H,1-2H3,(H,26,27)(H2,24,25,28). The van der Waals surface area contributed by atoms with Crippen molar-refractivity contribution in [1.29, 1.82) is 0 Å². The molecule has 0 radical (unpaired) electrons. The van der Waals surface area contributed by atoms with Crippen LogP contribution < -0.4 is 16.0 Å². The fraction of sp³-hybridized carbons (Fsp3) is 0.143. The van der Waals surface area contributed by atoms with Gasteiger partial charge in [-0.1, -0.05) is 34.1 Å². The first-order chi connectivity index (χ1) is 13.8. The van der Waals surface area contributed by atoms with Crippen LogP contribution in [0.1, 0.15) is 34.6 Å². The summed E-state index contributed by atoms with van der Waals surface area (Å²) in [5.41, 5.74) is 1.52. The molecule has 1 heterocycles. The Labute approximate surface area is 175 Å². The van der Waals surface area contributed by atoms with Crippen LogP contribution in [0.15, 0.2) is 63.7 Å². The molecule has 3 rings (SSSR count). The number of furan rings is 1. The molecule has 1 atom stereocenters. The Morgan fingerprint density at radius 2 is 1.86 bits per heavy atom. The van der Waals surface area contributed by atoms with Gasteiger partial charge in [0.25, 0.3) is 5.91 Å². The first-order valence-electron chi connectivity index (χ1n) is 8.82. The Balaban J connectivity index is 1.68. The molecule has 3 aromatic rings. The maximum absolute atomic E-state index is 14.1. The first kappa shape index (κ1) is 20.6. The lowest BCUT2D eigenvalue weighted by Gasteiger charge is -2.17.